The van der Waals surface area contributed by atoms with Crippen molar-refractivity contribution in [2.45, 2.75) is 28.5 Å². The third-order valence-electron chi connectivity index (χ3n) is 6.66. The summed E-state index contributed by atoms with van der Waals surface area (Å²) in [6.07, 6.45) is 0. The Morgan fingerprint density at radius 3 is 2.10 bits per heavy atom. The minimum atomic E-state index is -4.99. The maximum atomic E-state index is 13.1. The van der Waals surface area contributed by atoms with Gasteiger partial charge in [0.2, 0.25) is 0 Å². The molecule has 0 fully saturated rings. The van der Waals surface area contributed by atoms with Crippen LogP contribution in [-0.2, 0) is 35.1 Å². The number of carbonyl (C=O) groups excluding carboxylic acids is 1. The zero-order valence-corrected chi connectivity index (χ0v) is 33.9. The monoisotopic (exact) mass is 779 g/mol. The summed E-state index contributed by atoms with van der Waals surface area (Å²) in [5, 5.41) is 22.4. The SMILES string of the molecule is C/C([O-])=C(\N=Nc1ccc(-c2nc3ccc(C)c(S(=O)(=O)O)c3s2)cc1S(=O)(=O)O)C(=O)Nc1ccc(S(=O)(=O)[O-])c2ccccc12.N.[Na+].[Na+]. The quantitative estimate of drug-likeness (QED) is 0.0450. The van der Waals surface area contributed by atoms with Crippen molar-refractivity contribution in [3.05, 3.63) is 83.7 Å². The first-order chi connectivity index (χ1) is 21.9. The zero-order valence-electron chi connectivity index (χ0n) is 26.6. The predicted molar refractivity (Wildman–Crippen MR) is 172 cm³/mol. The molecule has 0 aliphatic carbocycles. The molecular formula is C28H23N5Na2O11S4. The summed E-state index contributed by atoms with van der Waals surface area (Å²) in [6, 6.07) is 14.3. The first kappa shape index (κ1) is 43.5. The number of hydrogen-bond acceptors (Lipinski definition) is 14. The van der Waals surface area contributed by atoms with Gasteiger partial charge in [-0.2, -0.15) is 16.8 Å². The second-order valence-corrected chi connectivity index (χ2v) is 15.0. The fourth-order valence-corrected chi connectivity index (χ4v) is 8.25. The molecule has 50 heavy (non-hydrogen) atoms. The number of benzene rings is 4. The number of thiazole rings is 1. The molecule has 0 saturated carbocycles. The van der Waals surface area contributed by atoms with Crippen molar-refractivity contribution in [1.82, 2.24) is 11.1 Å². The maximum absolute atomic E-state index is 13.1. The van der Waals surface area contributed by atoms with Gasteiger partial charge in [-0.3, -0.25) is 13.9 Å². The summed E-state index contributed by atoms with van der Waals surface area (Å²) in [5.41, 5.74) is -0.678. The van der Waals surface area contributed by atoms with Crippen LogP contribution < -0.4 is 75.7 Å². The third-order valence-corrected chi connectivity index (χ3v) is 10.7. The van der Waals surface area contributed by atoms with Crippen molar-refractivity contribution < 1.29 is 108 Å². The molecule has 1 amide bonds. The number of azo groups is 1. The molecule has 4 aromatic carbocycles. The van der Waals surface area contributed by atoms with Gasteiger partial charge in [-0.25, -0.2) is 13.4 Å². The van der Waals surface area contributed by atoms with Gasteiger partial charge < -0.3 is 21.1 Å². The Bertz CT molecular complexity index is 2540. The Labute approximate surface area is 334 Å². The second kappa shape index (κ2) is 16.3. The first-order valence-electron chi connectivity index (χ1n) is 12.9. The zero-order chi connectivity index (χ0) is 34.5. The first-order valence-corrected chi connectivity index (χ1v) is 18.0. The summed E-state index contributed by atoms with van der Waals surface area (Å²) in [7, 11) is -14.5. The molecule has 0 unspecified atom stereocenters. The van der Waals surface area contributed by atoms with Crippen LogP contribution in [0.4, 0.5) is 11.4 Å². The normalized spacial score (nSPS) is 12.5. The molecule has 22 heteroatoms. The topological polar surface area (TPSA) is 291 Å². The number of aromatic nitrogens is 1. The molecule has 5 rings (SSSR count). The van der Waals surface area contributed by atoms with Gasteiger partial charge in [0.05, 0.1) is 15.1 Å². The van der Waals surface area contributed by atoms with E-state index in [1.807, 2.05) is 0 Å². The van der Waals surface area contributed by atoms with Crippen molar-refractivity contribution in [3.63, 3.8) is 0 Å². The summed E-state index contributed by atoms with van der Waals surface area (Å²) in [4.78, 5) is 15.7. The Morgan fingerprint density at radius 1 is 0.880 bits per heavy atom. The Balaban J connectivity index is 0.00000289. The molecule has 0 spiro atoms. The molecule has 0 bridgehead atoms. The number of nitrogens with zero attached hydrogens (tertiary/aromatic N) is 3. The number of anilines is 1. The van der Waals surface area contributed by atoms with Crippen LogP contribution in [0.5, 0.6) is 0 Å². The number of fused-ring (bicyclic) bond motifs is 2. The molecule has 0 aliphatic heterocycles. The number of aryl methyl sites for hydroxylation is 1. The van der Waals surface area contributed by atoms with Crippen LogP contribution in [0.3, 0.4) is 0 Å². The number of nitrogens with one attached hydrogen (secondary N) is 1. The summed E-state index contributed by atoms with van der Waals surface area (Å²) in [5.74, 6) is -1.99. The number of hydrogen-bond donors (Lipinski definition) is 4. The van der Waals surface area contributed by atoms with E-state index < -0.39 is 63.2 Å². The van der Waals surface area contributed by atoms with Crippen LogP contribution in [0.1, 0.15) is 12.5 Å². The van der Waals surface area contributed by atoms with E-state index in [4.69, 9.17) is 0 Å². The molecule has 0 atom stereocenters. The molecule has 16 nitrogen and oxygen atoms in total. The van der Waals surface area contributed by atoms with Gasteiger partial charge >= 0.3 is 59.1 Å². The standard InChI is InChI=1S/C28H22N4O11S4.H3N.2Na/c1-14-7-9-21-25(26(14)47(41,42)43)44-28(30-21)16-8-10-20(23(13-16)46(38,39)40)31-32-24(15(2)33)27(34)29-19-11-12-22(45(35,36)37)18-6-4-3-5-17(18)19;;;/h3-13,33H,1-2H3,(H,29,34)(H,35,36,37)(H,38,39,40)(H,41,42,43);1H3;;/q;;2*+1/p-2/b24-15+,32-31?;;;. The van der Waals surface area contributed by atoms with E-state index in [0.717, 1.165) is 42.5 Å². The average Bonchev–Trinajstić information content (AvgIpc) is 3.39. The smallest absolute Gasteiger partial charge is 0.874 e. The van der Waals surface area contributed by atoms with Crippen LogP contribution in [0, 0.1) is 6.92 Å². The molecule has 0 aliphatic rings. The van der Waals surface area contributed by atoms with Crippen LogP contribution in [0.25, 0.3) is 31.6 Å². The van der Waals surface area contributed by atoms with Crippen LogP contribution >= 0.6 is 11.3 Å². The average molecular weight is 780 g/mol. The number of carbonyl (C=O) groups is 1. The summed E-state index contributed by atoms with van der Waals surface area (Å²) < 4.78 is 103. The van der Waals surface area contributed by atoms with E-state index in [-0.39, 0.29) is 113 Å². The van der Waals surface area contributed by atoms with Crippen LogP contribution in [0.15, 0.2) is 103 Å². The van der Waals surface area contributed by atoms with E-state index in [9.17, 15) is 48.8 Å². The van der Waals surface area contributed by atoms with Gasteiger partial charge in [0, 0.05) is 22.0 Å². The van der Waals surface area contributed by atoms with Gasteiger partial charge in [-0.1, -0.05) is 37.3 Å². The van der Waals surface area contributed by atoms with Crippen molar-refractivity contribution in [2.75, 3.05) is 5.32 Å². The Hall–Kier alpha value is -2.67. The van der Waals surface area contributed by atoms with Crippen LogP contribution in [0.2, 0.25) is 0 Å². The van der Waals surface area contributed by atoms with Crippen molar-refractivity contribution >= 4 is 80.0 Å². The predicted octanol–water partition coefficient (Wildman–Crippen LogP) is -1.69. The Morgan fingerprint density at radius 2 is 1.52 bits per heavy atom. The molecule has 252 valence electrons. The van der Waals surface area contributed by atoms with Gasteiger partial charge in [0.25, 0.3) is 26.1 Å². The van der Waals surface area contributed by atoms with Gasteiger partial charge in [-0.05, 0) is 48.9 Å². The fourth-order valence-electron chi connectivity index (χ4n) is 4.61. The number of amides is 1. The van der Waals surface area contributed by atoms with E-state index in [0.29, 0.717) is 0 Å². The van der Waals surface area contributed by atoms with Gasteiger partial charge in [0.15, 0.2) is 0 Å². The van der Waals surface area contributed by atoms with E-state index >= 15 is 0 Å². The van der Waals surface area contributed by atoms with Crippen molar-refractivity contribution in [1.29, 1.82) is 0 Å². The maximum Gasteiger partial charge on any atom is 1.00 e. The third kappa shape index (κ3) is 9.21. The summed E-state index contributed by atoms with van der Waals surface area (Å²) in [6.45, 7) is 2.46. The second-order valence-electron chi connectivity index (χ2n) is 9.88. The van der Waals surface area contributed by atoms with Crippen molar-refractivity contribution in [3.8, 4) is 10.6 Å². The molecule has 6 N–H and O–H groups in total. The number of allylic oxidation sites excluding steroid dienone is 1. The van der Waals surface area contributed by atoms with E-state index in [1.165, 1.54) is 49.4 Å². The Kier molecular flexibility index (Phi) is 14.2. The molecular weight excluding hydrogens is 757 g/mol. The molecule has 1 heterocycles. The molecule has 0 saturated heterocycles. The molecule has 1 aromatic heterocycles. The minimum absolute atomic E-state index is 0. The molecule has 0 radical (unpaired) electrons. The minimum Gasteiger partial charge on any atom is -0.874 e. The summed E-state index contributed by atoms with van der Waals surface area (Å²) >= 11 is 0.840. The van der Waals surface area contributed by atoms with Crippen molar-refractivity contribution in [2.24, 2.45) is 10.2 Å². The molecule has 5 aromatic rings. The van der Waals surface area contributed by atoms with Gasteiger partial charge in [0.1, 0.15) is 36.3 Å². The van der Waals surface area contributed by atoms with Crippen LogP contribution in [-0.4, -0.2) is 49.8 Å². The van der Waals surface area contributed by atoms with E-state index in [2.05, 4.69) is 20.5 Å². The van der Waals surface area contributed by atoms with Gasteiger partial charge in [-0.15, -0.1) is 27.3 Å². The van der Waals surface area contributed by atoms with E-state index in [1.54, 1.807) is 0 Å². The fraction of sp³-hybridized carbons (Fsp3) is 0.0714. The largest absolute Gasteiger partial charge is 1.00 e. The number of rotatable bonds is 8.